The summed E-state index contributed by atoms with van der Waals surface area (Å²) in [5.41, 5.74) is 2.71. The molecule has 4 aromatic rings. The number of unbranched alkanes of at least 4 members (excludes halogenated alkanes) is 1. The SMILES string of the molecule is O=C(NCCCCc1cccs1)c1cccc(-c2csc(=O)n2-c2ccccc2Cl)c1. The minimum Gasteiger partial charge on any atom is -0.352 e. The van der Waals surface area contributed by atoms with E-state index >= 15 is 0 Å². The van der Waals surface area contributed by atoms with Crippen LogP contribution in [0.4, 0.5) is 0 Å². The summed E-state index contributed by atoms with van der Waals surface area (Å²) in [4.78, 5) is 26.4. The number of carbonyl (C=O) groups is 1. The van der Waals surface area contributed by atoms with Crippen molar-refractivity contribution in [2.45, 2.75) is 19.3 Å². The van der Waals surface area contributed by atoms with E-state index in [1.807, 2.05) is 36.4 Å². The number of thiophene rings is 1. The first kappa shape index (κ1) is 21.6. The normalized spacial score (nSPS) is 10.9. The van der Waals surface area contributed by atoms with Gasteiger partial charge < -0.3 is 5.32 Å². The molecule has 0 aliphatic carbocycles. The van der Waals surface area contributed by atoms with E-state index in [1.165, 1.54) is 4.88 Å². The zero-order valence-electron chi connectivity index (χ0n) is 16.7. The number of nitrogens with zero attached hydrogens (tertiary/aromatic N) is 1. The monoisotopic (exact) mass is 468 g/mol. The molecule has 0 aliphatic rings. The molecule has 31 heavy (non-hydrogen) atoms. The Bertz CT molecular complexity index is 1230. The molecular weight excluding hydrogens is 448 g/mol. The van der Waals surface area contributed by atoms with Crippen LogP contribution >= 0.6 is 34.3 Å². The van der Waals surface area contributed by atoms with E-state index < -0.39 is 0 Å². The Morgan fingerprint density at radius 1 is 1.00 bits per heavy atom. The number of rotatable bonds is 8. The highest BCUT2D eigenvalue weighted by Crippen LogP contribution is 2.27. The highest BCUT2D eigenvalue weighted by atomic mass is 35.5. The maximum atomic E-state index is 12.6. The van der Waals surface area contributed by atoms with Crippen LogP contribution in [-0.2, 0) is 6.42 Å². The molecule has 0 fully saturated rings. The van der Waals surface area contributed by atoms with Gasteiger partial charge in [0.2, 0.25) is 0 Å². The van der Waals surface area contributed by atoms with Gasteiger partial charge in [-0.3, -0.25) is 14.2 Å². The fourth-order valence-corrected chi connectivity index (χ4v) is 5.10. The van der Waals surface area contributed by atoms with Crippen molar-refractivity contribution in [2.75, 3.05) is 6.54 Å². The third kappa shape index (κ3) is 5.15. The van der Waals surface area contributed by atoms with E-state index in [-0.39, 0.29) is 10.8 Å². The third-order valence-corrected chi connectivity index (χ3v) is 6.91. The summed E-state index contributed by atoms with van der Waals surface area (Å²) in [5, 5.41) is 7.38. The van der Waals surface area contributed by atoms with Crippen molar-refractivity contribution < 1.29 is 4.79 Å². The lowest BCUT2D eigenvalue weighted by atomic mass is 10.1. The van der Waals surface area contributed by atoms with Crippen LogP contribution in [-0.4, -0.2) is 17.0 Å². The molecule has 0 saturated carbocycles. The highest BCUT2D eigenvalue weighted by molar-refractivity contribution is 7.09. The standard InChI is InChI=1S/C24H21ClN2O2S2/c25-20-11-1-2-12-21(20)27-22(16-31-24(27)29)17-7-5-8-18(15-17)23(28)26-13-4-3-9-19-10-6-14-30-19/h1-2,5-8,10-12,14-16H,3-4,9,13H2,(H,26,28). The molecular formula is C24H21ClN2O2S2. The van der Waals surface area contributed by atoms with Gasteiger partial charge in [0, 0.05) is 27.9 Å². The van der Waals surface area contributed by atoms with Gasteiger partial charge in [-0.05, 0) is 55.0 Å². The summed E-state index contributed by atoms with van der Waals surface area (Å²) in [6.07, 6.45) is 3.01. The first-order chi connectivity index (χ1) is 15.1. The Hall–Kier alpha value is -2.67. The predicted molar refractivity (Wildman–Crippen MR) is 130 cm³/mol. The van der Waals surface area contributed by atoms with Gasteiger partial charge in [-0.1, -0.05) is 53.3 Å². The molecule has 158 valence electrons. The summed E-state index contributed by atoms with van der Waals surface area (Å²) >= 11 is 9.20. The summed E-state index contributed by atoms with van der Waals surface area (Å²) in [5.74, 6) is -0.111. The van der Waals surface area contributed by atoms with Crippen molar-refractivity contribution in [1.29, 1.82) is 0 Å². The van der Waals surface area contributed by atoms with Crippen molar-refractivity contribution in [1.82, 2.24) is 9.88 Å². The van der Waals surface area contributed by atoms with E-state index in [0.29, 0.717) is 28.5 Å². The fourth-order valence-electron chi connectivity index (χ4n) is 3.37. The Morgan fingerprint density at radius 3 is 2.68 bits per heavy atom. The van der Waals surface area contributed by atoms with Crippen molar-refractivity contribution in [3.05, 3.63) is 96.6 Å². The number of carbonyl (C=O) groups excluding carboxylic acids is 1. The Kier molecular flexibility index (Phi) is 7.02. The van der Waals surface area contributed by atoms with E-state index in [2.05, 4.69) is 22.8 Å². The molecule has 1 N–H and O–H groups in total. The smallest absolute Gasteiger partial charge is 0.312 e. The number of hydrogen-bond acceptors (Lipinski definition) is 4. The molecule has 0 saturated heterocycles. The summed E-state index contributed by atoms with van der Waals surface area (Å²) in [7, 11) is 0. The van der Waals surface area contributed by atoms with Gasteiger partial charge in [-0.15, -0.1) is 11.3 Å². The molecule has 4 rings (SSSR count). The second-order valence-corrected chi connectivity index (χ2v) is 9.31. The average molecular weight is 469 g/mol. The molecule has 1 amide bonds. The zero-order valence-corrected chi connectivity index (χ0v) is 19.1. The zero-order chi connectivity index (χ0) is 21.6. The van der Waals surface area contributed by atoms with Crippen LogP contribution < -0.4 is 10.2 Å². The number of amides is 1. The number of nitrogens with one attached hydrogen (secondary N) is 1. The van der Waals surface area contributed by atoms with Crippen molar-refractivity contribution in [3.63, 3.8) is 0 Å². The Balaban J connectivity index is 1.46. The maximum absolute atomic E-state index is 12.6. The van der Waals surface area contributed by atoms with E-state index in [9.17, 15) is 9.59 Å². The molecule has 0 bridgehead atoms. The van der Waals surface area contributed by atoms with E-state index in [4.69, 9.17) is 11.6 Å². The third-order valence-electron chi connectivity index (χ3n) is 4.92. The van der Waals surface area contributed by atoms with Crippen LogP contribution in [0, 0.1) is 0 Å². The Morgan fingerprint density at radius 2 is 1.87 bits per heavy atom. The molecule has 0 atom stereocenters. The van der Waals surface area contributed by atoms with E-state index in [0.717, 1.165) is 36.2 Å². The van der Waals surface area contributed by atoms with Crippen molar-refractivity contribution in [3.8, 4) is 16.9 Å². The van der Waals surface area contributed by atoms with Gasteiger partial charge >= 0.3 is 4.87 Å². The lowest BCUT2D eigenvalue weighted by Gasteiger charge is -2.11. The number of aryl methyl sites for hydroxylation is 1. The van der Waals surface area contributed by atoms with Crippen LogP contribution in [0.15, 0.2) is 76.2 Å². The first-order valence-corrected chi connectivity index (χ1v) is 12.1. The molecule has 2 aromatic heterocycles. The van der Waals surface area contributed by atoms with Crippen molar-refractivity contribution >= 4 is 40.2 Å². The number of thiazole rings is 1. The fraction of sp³-hybridized carbons (Fsp3) is 0.167. The Labute approximate surface area is 193 Å². The number of hydrogen-bond donors (Lipinski definition) is 1. The van der Waals surface area contributed by atoms with Gasteiger partial charge in [0.15, 0.2) is 0 Å². The van der Waals surface area contributed by atoms with Crippen LogP contribution in [0.2, 0.25) is 5.02 Å². The summed E-state index contributed by atoms with van der Waals surface area (Å²) < 4.78 is 1.59. The molecule has 0 spiro atoms. The van der Waals surface area contributed by atoms with Crippen LogP contribution in [0.3, 0.4) is 0 Å². The molecule has 0 aliphatic heterocycles. The molecule has 0 unspecified atom stereocenters. The predicted octanol–water partition coefficient (Wildman–Crippen LogP) is 6.03. The number of para-hydroxylation sites is 1. The number of aromatic nitrogens is 1. The molecule has 4 nitrogen and oxygen atoms in total. The van der Waals surface area contributed by atoms with E-state index in [1.54, 1.807) is 33.4 Å². The molecule has 2 heterocycles. The number of halogens is 1. The largest absolute Gasteiger partial charge is 0.352 e. The van der Waals surface area contributed by atoms with Gasteiger partial charge in [0.25, 0.3) is 5.91 Å². The van der Waals surface area contributed by atoms with Gasteiger partial charge in [-0.2, -0.15) is 0 Å². The second kappa shape index (κ2) is 10.1. The van der Waals surface area contributed by atoms with Crippen molar-refractivity contribution in [2.24, 2.45) is 0 Å². The highest BCUT2D eigenvalue weighted by Gasteiger charge is 2.15. The molecule has 0 radical (unpaired) electrons. The van der Waals surface area contributed by atoms with Crippen LogP contribution in [0.25, 0.3) is 16.9 Å². The molecule has 2 aromatic carbocycles. The first-order valence-electron chi connectivity index (χ1n) is 10.00. The number of benzene rings is 2. The minimum absolute atomic E-state index is 0.111. The lowest BCUT2D eigenvalue weighted by molar-refractivity contribution is 0.0953. The second-order valence-electron chi connectivity index (χ2n) is 7.05. The quantitative estimate of drug-likeness (QED) is 0.321. The minimum atomic E-state index is -0.122. The topological polar surface area (TPSA) is 51.1 Å². The lowest BCUT2D eigenvalue weighted by Crippen LogP contribution is -2.24. The van der Waals surface area contributed by atoms with Gasteiger partial charge in [0.05, 0.1) is 16.4 Å². The van der Waals surface area contributed by atoms with Crippen LogP contribution in [0.5, 0.6) is 0 Å². The maximum Gasteiger partial charge on any atom is 0.312 e. The summed E-state index contributed by atoms with van der Waals surface area (Å²) in [6.45, 7) is 0.636. The van der Waals surface area contributed by atoms with Crippen LogP contribution in [0.1, 0.15) is 28.1 Å². The molecule has 7 heteroatoms. The van der Waals surface area contributed by atoms with Gasteiger partial charge in [-0.25, -0.2) is 0 Å². The summed E-state index contributed by atoms with van der Waals surface area (Å²) in [6, 6.07) is 18.8. The average Bonchev–Trinajstić information content (AvgIpc) is 3.44. The van der Waals surface area contributed by atoms with Gasteiger partial charge in [0.1, 0.15) is 0 Å².